The molecule has 0 saturated carbocycles. The zero-order valence-electron chi connectivity index (χ0n) is 9.49. The zero-order valence-corrected chi connectivity index (χ0v) is 9.49. The summed E-state index contributed by atoms with van der Waals surface area (Å²) >= 11 is 0. The summed E-state index contributed by atoms with van der Waals surface area (Å²) in [7, 11) is 0. The quantitative estimate of drug-likeness (QED) is 0.446. The van der Waals surface area contributed by atoms with E-state index < -0.39 is 0 Å². The van der Waals surface area contributed by atoms with Crippen molar-refractivity contribution < 1.29 is 19.0 Å². The van der Waals surface area contributed by atoms with Crippen molar-refractivity contribution in [2.24, 2.45) is 5.84 Å². The van der Waals surface area contributed by atoms with Crippen LogP contribution in [0.2, 0.25) is 0 Å². The van der Waals surface area contributed by atoms with Gasteiger partial charge < -0.3 is 14.2 Å². The molecule has 92 valence electrons. The molecule has 0 atom stereocenters. The van der Waals surface area contributed by atoms with Crippen LogP contribution in [0.4, 0.5) is 0 Å². The van der Waals surface area contributed by atoms with Crippen LogP contribution in [0.5, 0.6) is 11.5 Å². The molecule has 1 aromatic carbocycles. The summed E-state index contributed by atoms with van der Waals surface area (Å²) in [5.41, 5.74) is 3.99. The van der Waals surface area contributed by atoms with Gasteiger partial charge in [-0.25, -0.2) is 5.84 Å². The summed E-state index contributed by atoms with van der Waals surface area (Å²) in [6.07, 6.45) is 0. The number of aryl methyl sites for hydroxylation is 1. The monoisotopic (exact) mass is 238 g/mol. The number of nitrogens with two attached hydrogens (primary N) is 1. The van der Waals surface area contributed by atoms with Gasteiger partial charge in [0.25, 0.3) is 5.91 Å². The summed E-state index contributed by atoms with van der Waals surface area (Å²) < 4.78 is 15.7. The Hall–Kier alpha value is -1.79. The molecule has 2 rings (SSSR count). The van der Waals surface area contributed by atoms with Crippen molar-refractivity contribution in [3.05, 3.63) is 23.3 Å². The molecule has 1 aromatic rings. The Balaban J connectivity index is 1.99. The summed E-state index contributed by atoms with van der Waals surface area (Å²) in [6, 6.07) is 3.75. The van der Waals surface area contributed by atoms with Crippen LogP contribution in [0.3, 0.4) is 0 Å². The maximum absolute atomic E-state index is 10.9. The first-order valence-electron chi connectivity index (χ1n) is 5.17. The van der Waals surface area contributed by atoms with Crippen LogP contribution < -0.4 is 20.7 Å². The molecule has 17 heavy (non-hydrogen) atoms. The van der Waals surface area contributed by atoms with Crippen LogP contribution in [-0.2, 0) is 16.1 Å². The Morgan fingerprint density at radius 1 is 1.47 bits per heavy atom. The lowest BCUT2D eigenvalue weighted by atomic mass is 10.1. The van der Waals surface area contributed by atoms with Crippen molar-refractivity contribution in [3.8, 4) is 11.5 Å². The highest BCUT2D eigenvalue weighted by atomic mass is 16.7. The maximum Gasteiger partial charge on any atom is 0.259 e. The summed E-state index contributed by atoms with van der Waals surface area (Å²) in [5, 5.41) is 0. The first kappa shape index (κ1) is 11.7. The summed E-state index contributed by atoms with van der Waals surface area (Å²) in [5.74, 6) is 6.03. The molecule has 0 aromatic heterocycles. The van der Waals surface area contributed by atoms with E-state index in [0.29, 0.717) is 12.4 Å². The minimum atomic E-state index is -0.358. The normalized spacial score (nSPS) is 12.6. The van der Waals surface area contributed by atoms with Gasteiger partial charge in [-0.15, -0.1) is 0 Å². The number of hydrazine groups is 1. The van der Waals surface area contributed by atoms with Gasteiger partial charge in [-0.2, -0.15) is 0 Å². The first-order chi connectivity index (χ1) is 8.20. The molecule has 0 fully saturated rings. The van der Waals surface area contributed by atoms with Crippen molar-refractivity contribution in [2.45, 2.75) is 13.5 Å². The number of hydrogen-bond acceptors (Lipinski definition) is 5. The number of carbonyl (C=O) groups is 1. The first-order valence-corrected chi connectivity index (χ1v) is 5.17. The third-order valence-electron chi connectivity index (χ3n) is 2.48. The number of ether oxygens (including phenoxy) is 3. The smallest absolute Gasteiger partial charge is 0.259 e. The Labute approximate surface area is 98.6 Å². The van der Waals surface area contributed by atoms with E-state index in [9.17, 15) is 4.79 Å². The van der Waals surface area contributed by atoms with Crippen LogP contribution in [-0.4, -0.2) is 19.3 Å². The molecule has 1 aliphatic rings. The lowest BCUT2D eigenvalue weighted by Gasteiger charge is -2.08. The van der Waals surface area contributed by atoms with Gasteiger partial charge in [-0.3, -0.25) is 10.2 Å². The SMILES string of the molecule is Cc1cc2c(cc1COCC(=O)NN)OCO2. The molecule has 3 N–H and O–H groups in total. The third kappa shape index (κ3) is 2.66. The Kier molecular flexibility index (Phi) is 3.46. The maximum atomic E-state index is 10.9. The largest absolute Gasteiger partial charge is 0.454 e. The number of rotatable bonds is 4. The van der Waals surface area contributed by atoms with Gasteiger partial charge in [0, 0.05) is 0 Å². The van der Waals surface area contributed by atoms with Gasteiger partial charge in [-0.1, -0.05) is 0 Å². The van der Waals surface area contributed by atoms with Gasteiger partial charge in [0.2, 0.25) is 6.79 Å². The van der Waals surface area contributed by atoms with Crippen LogP contribution in [0.15, 0.2) is 12.1 Å². The van der Waals surface area contributed by atoms with E-state index in [0.717, 1.165) is 16.9 Å². The predicted octanol–water partition coefficient (Wildman–Crippen LogP) is 0.230. The molecule has 1 heterocycles. The van der Waals surface area contributed by atoms with Crippen LogP contribution in [0.1, 0.15) is 11.1 Å². The van der Waals surface area contributed by atoms with Crippen LogP contribution >= 0.6 is 0 Å². The molecule has 0 radical (unpaired) electrons. The molecule has 0 bridgehead atoms. The Bertz CT molecular complexity index is 434. The minimum absolute atomic E-state index is 0.0651. The Morgan fingerprint density at radius 3 is 2.88 bits per heavy atom. The number of carbonyl (C=O) groups excluding carboxylic acids is 1. The van der Waals surface area contributed by atoms with Crippen LogP contribution in [0, 0.1) is 6.92 Å². The highest BCUT2D eigenvalue weighted by molar-refractivity contribution is 5.76. The minimum Gasteiger partial charge on any atom is -0.454 e. The van der Waals surface area contributed by atoms with Gasteiger partial charge in [-0.05, 0) is 30.2 Å². The highest BCUT2D eigenvalue weighted by Gasteiger charge is 2.15. The molecule has 6 nitrogen and oxygen atoms in total. The van der Waals surface area contributed by atoms with Gasteiger partial charge in [0.15, 0.2) is 11.5 Å². The van der Waals surface area contributed by atoms with Crippen molar-refractivity contribution in [1.82, 2.24) is 5.43 Å². The molecular formula is C11H14N2O4. The summed E-state index contributed by atoms with van der Waals surface area (Å²) in [6.45, 7) is 2.46. The van der Waals surface area contributed by atoms with Crippen molar-refractivity contribution in [2.75, 3.05) is 13.4 Å². The molecule has 0 unspecified atom stereocenters. The standard InChI is InChI=1S/C11H14N2O4/c1-7-2-9-10(17-6-16-9)3-8(7)4-15-5-11(14)13-12/h2-3H,4-6,12H2,1H3,(H,13,14). The highest BCUT2D eigenvalue weighted by Crippen LogP contribution is 2.34. The second kappa shape index (κ2) is 5.03. The number of benzene rings is 1. The fourth-order valence-electron chi connectivity index (χ4n) is 1.54. The van der Waals surface area contributed by atoms with E-state index in [1.165, 1.54) is 0 Å². The molecule has 6 heteroatoms. The number of fused-ring (bicyclic) bond motifs is 1. The third-order valence-corrected chi connectivity index (χ3v) is 2.48. The number of hydrogen-bond donors (Lipinski definition) is 2. The van der Waals surface area contributed by atoms with Crippen molar-refractivity contribution >= 4 is 5.91 Å². The molecule has 0 spiro atoms. The average molecular weight is 238 g/mol. The molecule has 0 aliphatic carbocycles. The van der Waals surface area contributed by atoms with E-state index in [-0.39, 0.29) is 19.3 Å². The van der Waals surface area contributed by atoms with E-state index in [2.05, 4.69) is 0 Å². The predicted molar refractivity (Wildman–Crippen MR) is 59.3 cm³/mol. The van der Waals surface area contributed by atoms with Gasteiger partial charge in [0.05, 0.1) is 6.61 Å². The molecule has 1 aliphatic heterocycles. The Morgan fingerprint density at radius 2 is 2.18 bits per heavy atom. The number of nitrogens with one attached hydrogen (secondary N) is 1. The van der Waals surface area contributed by atoms with Gasteiger partial charge >= 0.3 is 0 Å². The zero-order chi connectivity index (χ0) is 12.3. The summed E-state index contributed by atoms with van der Waals surface area (Å²) in [4.78, 5) is 10.9. The van der Waals surface area contributed by atoms with Crippen LogP contribution in [0.25, 0.3) is 0 Å². The molecule has 0 saturated heterocycles. The van der Waals surface area contributed by atoms with E-state index >= 15 is 0 Å². The lowest BCUT2D eigenvalue weighted by Crippen LogP contribution is -2.33. The molecule has 1 amide bonds. The second-order valence-corrected chi connectivity index (χ2v) is 3.69. The molecular weight excluding hydrogens is 224 g/mol. The van der Waals surface area contributed by atoms with E-state index in [4.69, 9.17) is 20.1 Å². The fraction of sp³-hybridized carbons (Fsp3) is 0.364. The van der Waals surface area contributed by atoms with Gasteiger partial charge in [0.1, 0.15) is 6.61 Å². The topological polar surface area (TPSA) is 82.8 Å². The van der Waals surface area contributed by atoms with Crippen molar-refractivity contribution in [3.63, 3.8) is 0 Å². The number of amides is 1. The fourth-order valence-corrected chi connectivity index (χ4v) is 1.54. The second-order valence-electron chi connectivity index (χ2n) is 3.69. The van der Waals surface area contributed by atoms with E-state index in [1.54, 1.807) is 0 Å². The van der Waals surface area contributed by atoms with Crippen molar-refractivity contribution in [1.29, 1.82) is 0 Å². The lowest BCUT2D eigenvalue weighted by molar-refractivity contribution is -0.126. The average Bonchev–Trinajstić information content (AvgIpc) is 2.76. The van der Waals surface area contributed by atoms with E-state index in [1.807, 2.05) is 24.5 Å².